The van der Waals surface area contributed by atoms with Crippen LogP contribution in [0.25, 0.3) is 33.4 Å². The van der Waals surface area contributed by atoms with Gasteiger partial charge in [0, 0.05) is 22.6 Å². The van der Waals surface area contributed by atoms with E-state index in [0.717, 1.165) is 7.11 Å². The molecule has 0 fully saturated rings. The molecule has 0 bridgehead atoms. The quantitative estimate of drug-likeness (QED) is 0.199. The number of aldehydes is 1. The lowest BCUT2D eigenvalue weighted by Gasteiger charge is -2.14. The first-order chi connectivity index (χ1) is 16.6. The van der Waals surface area contributed by atoms with Gasteiger partial charge in [-0.25, -0.2) is 9.18 Å². The van der Waals surface area contributed by atoms with Gasteiger partial charge >= 0.3 is 12.1 Å². The first-order valence-electron chi connectivity index (χ1n) is 10.0. The summed E-state index contributed by atoms with van der Waals surface area (Å²) in [6, 6.07) is 11.5. The summed E-state index contributed by atoms with van der Waals surface area (Å²) in [4.78, 5) is 24.0. The Bertz CT molecular complexity index is 1420. The van der Waals surface area contributed by atoms with Crippen LogP contribution in [0.3, 0.4) is 0 Å². The molecule has 3 aromatic carbocycles. The molecule has 0 radical (unpaired) electrons. The molecular formula is C25H16F4O6. The van der Waals surface area contributed by atoms with Crippen LogP contribution in [0.2, 0.25) is 0 Å². The van der Waals surface area contributed by atoms with Gasteiger partial charge in [-0.05, 0) is 48.0 Å². The number of esters is 1. The molecule has 6 nitrogen and oxygen atoms in total. The molecule has 0 atom stereocenters. The molecule has 1 heterocycles. The van der Waals surface area contributed by atoms with Crippen molar-refractivity contribution in [1.29, 1.82) is 0 Å². The van der Waals surface area contributed by atoms with Gasteiger partial charge in [-0.3, -0.25) is 4.79 Å². The Hall–Kier alpha value is -4.34. The molecular weight excluding hydrogens is 472 g/mol. The Morgan fingerprint density at radius 2 is 1.74 bits per heavy atom. The predicted molar refractivity (Wildman–Crippen MR) is 117 cm³/mol. The number of alkyl halides is 3. The first kappa shape index (κ1) is 23.8. The standard InChI is InChI=1S/C25H16F4O6/c1-33-24(32)18-8-14(4-7-20(18)31)16-9-17-19(11-30)23(13-2-5-15(26)6-3-13)35-22(17)10-21(16)34-12-25(27,28)29/h2-11,31H,12H2,1H3. The highest BCUT2D eigenvalue weighted by molar-refractivity contribution is 6.05. The van der Waals surface area contributed by atoms with Crippen molar-refractivity contribution in [2.45, 2.75) is 6.18 Å². The second kappa shape index (κ2) is 9.13. The number of benzene rings is 3. The molecule has 180 valence electrons. The van der Waals surface area contributed by atoms with E-state index < -0.39 is 30.3 Å². The third kappa shape index (κ3) is 4.81. The van der Waals surface area contributed by atoms with E-state index in [0.29, 0.717) is 11.8 Å². The summed E-state index contributed by atoms with van der Waals surface area (Å²) in [6.45, 7) is -1.61. The lowest BCUT2D eigenvalue weighted by molar-refractivity contribution is -0.153. The molecule has 0 aliphatic carbocycles. The molecule has 0 aliphatic rings. The second-order valence-electron chi connectivity index (χ2n) is 7.44. The molecule has 0 amide bonds. The number of aromatic hydroxyl groups is 1. The number of phenols is 1. The predicted octanol–water partition coefficient (Wildman–Crippen LogP) is 6.15. The SMILES string of the molecule is COC(=O)c1cc(-c2cc3c(C=O)c(-c4ccc(F)cc4)oc3cc2OCC(F)(F)F)ccc1O. The topological polar surface area (TPSA) is 86.0 Å². The van der Waals surface area contributed by atoms with Gasteiger partial charge in [0.15, 0.2) is 12.9 Å². The molecule has 0 aliphatic heterocycles. The molecule has 4 aromatic rings. The number of rotatable bonds is 6. The van der Waals surface area contributed by atoms with Crippen LogP contribution in [-0.2, 0) is 4.74 Å². The lowest BCUT2D eigenvalue weighted by atomic mass is 9.98. The van der Waals surface area contributed by atoms with Crippen LogP contribution in [0.15, 0.2) is 59.0 Å². The highest BCUT2D eigenvalue weighted by Crippen LogP contribution is 2.41. The molecule has 0 saturated heterocycles. The van der Waals surface area contributed by atoms with E-state index in [1.165, 1.54) is 54.6 Å². The van der Waals surface area contributed by atoms with E-state index in [-0.39, 0.29) is 44.7 Å². The zero-order chi connectivity index (χ0) is 25.3. The number of ether oxygens (including phenoxy) is 2. The third-order valence-electron chi connectivity index (χ3n) is 5.16. The number of hydrogen-bond donors (Lipinski definition) is 1. The molecule has 1 N–H and O–H groups in total. The first-order valence-corrected chi connectivity index (χ1v) is 10.0. The lowest BCUT2D eigenvalue weighted by Crippen LogP contribution is -2.19. The Morgan fingerprint density at radius 1 is 1.06 bits per heavy atom. The van der Waals surface area contributed by atoms with Gasteiger partial charge in [0.2, 0.25) is 0 Å². The summed E-state index contributed by atoms with van der Waals surface area (Å²) in [5, 5.41) is 10.2. The van der Waals surface area contributed by atoms with Crippen molar-refractivity contribution in [3.8, 4) is 33.9 Å². The minimum absolute atomic E-state index is 0.0549. The van der Waals surface area contributed by atoms with Gasteiger partial charge in [-0.1, -0.05) is 6.07 Å². The fourth-order valence-corrected chi connectivity index (χ4v) is 3.56. The van der Waals surface area contributed by atoms with E-state index >= 15 is 0 Å². The molecule has 4 rings (SSSR count). The van der Waals surface area contributed by atoms with Crippen molar-refractivity contribution < 1.29 is 46.1 Å². The average Bonchev–Trinajstić information content (AvgIpc) is 3.19. The van der Waals surface area contributed by atoms with Gasteiger partial charge in [-0.2, -0.15) is 13.2 Å². The van der Waals surface area contributed by atoms with Crippen molar-refractivity contribution in [3.05, 3.63) is 71.5 Å². The van der Waals surface area contributed by atoms with Crippen molar-refractivity contribution in [1.82, 2.24) is 0 Å². The fourth-order valence-electron chi connectivity index (χ4n) is 3.56. The van der Waals surface area contributed by atoms with Crippen molar-refractivity contribution in [2.75, 3.05) is 13.7 Å². The highest BCUT2D eigenvalue weighted by atomic mass is 19.4. The molecule has 35 heavy (non-hydrogen) atoms. The van der Waals surface area contributed by atoms with Crippen LogP contribution in [0.5, 0.6) is 11.5 Å². The number of halogens is 4. The summed E-state index contributed by atoms with van der Waals surface area (Å²) >= 11 is 0. The van der Waals surface area contributed by atoms with Crippen LogP contribution < -0.4 is 4.74 Å². The van der Waals surface area contributed by atoms with Gasteiger partial charge in [-0.15, -0.1) is 0 Å². The number of phenolic OH excluding ortho intramolecular Hbond substituents is 1. The molecule has 0 spiro atoms. The Morgan fingerprint density at radius 3 is 2.37 bits per heavy atom. The van der Waals surface area contributed by atoms with Gasteiger partial charge in [0.1, 0.15) is 34.2 Å². The monoisotopic (exact) mass is 488 g/mol. The smallest absolute Gasteiger partial charge is 0.422 e. The third-order valence-corrected chi connectivity index (χ3v) is 5.16. The molecule has 1 aromatic heterocycles. The number of methoxy groups -OCH3 is 1. The van der Waals surface area contributed by atoms with Crippen LogP contribution in [-0.4, -0.2) is 37.3 Å². The van der Waals surface area contributed by atoms with Crippen molar-refractivity contribution in [2.24, 2.45) is 0 Å². The zero-order valence-corrected chi connectivity index (χ0v) is 18.0. The maximum atomic E-state index is 13.3. The number of carbonyl (C=O) groups excluding carboxylic acids is 2. The Labute approximate surface area is 195 Å². The van der Waals surface area contributed by atoms with E-state index in [2.05, 4.69) is 4.74 Å². The minimum Gasteiger partial charge on any atom is -0.507 e. The van der Waals surface area contributed by atoms with Crippen LogP contribution in [0, 0.1) is 5.82 Å². The Kier molecular flexibility index (Phi) is 6.21. The summed E-state index contributed by atoms with van der Waals surface area (Å²) < 4.78 is 67.5. The van der Waals surface area contributed by atoms with E-state index in [4.69, 9.17) is 9.15 Å². The van der Waals surface area contributed by atoms with Crippen LogP contribution in [0.4, 0.5) is 17.6 Å². The highest BCUT2D eigenvalue weighted by Gasteiger charge is 2.30. The van der Waals surface area contributed by atoms with Gasteiger partial charge < -0.3 is 19.0 Å². The van der Waals surface area contributed by atoms with Gasteiger partial charge in [0.05, 0.1) is 12.7 Å². The number of fused-ring (bicyclic) bond motifs is 1. The normalized spacial score (nSPS) is 11.5. The second-order valence-corrected chi connectivity index (χ2v) is 7.44. The van der Waals surface area contributed by atoms with Crippen molar-refractivity contribution in [3.63, 3.8) is 0 Å². The molecule has 0 saturated carbocycles. The average molecular weight is 488 g/mol. The maximum Gasteiger partial charge on any atom is 0.422 e. The Balaban J connectivity index is 1.95. The summed E-state index contributed by atoms with van der Waals surface area (Å²) in [5.41, 5.74) is 0.606. The molecule has 0 unspecified atom stereocenters. The summed E-state index contributed by atoms with van der Waals surface area (Å²) in [7, 11) is 1.11. The van der Waals surface area contributed by atoms with E-state index in [9.17, 15) is 32.3 Å². The fraction of sp³-hybridized carbons (Fsp3) is 0.120. The van der Waals surface area contributed by atoms with E-state index in [1.807, 2.05) is 0 Å². The van der Waals surface area contributed by atoms with Gasteiger partial charge in [0.25, 0.3) is 0 Å². The molecule has 10 heteroatoms. The van der Waals surface area contributed by atoms with E-state index in [1.54, 1.807) is 0 Å². The minimum atomic E-state index is -4.64. The maximum absolute atomic E-state index is 13.3. The number of carbonyl (C=O) groups is 2. The van der Waals surface area contributed by atoms with Crippen molar-refractivity contribution >= 4 is 23.2 Å². The summed E-state index contributed by atoms with van der Waals surface area (Å²) in [5.74, 6) is -1.91. The summed E-state index contributed by atoms with van der Waals surface area (Å²) in [6.07, 6.45) is -4.13. The zero-order valence-electron chi connectivity index (χ0n) is 18.0. The van der Waals surface area contributed by atoms with Crippen LogP contribution >= 0.6 is 0 Å². The number of furan rings is 1. The number of hydrogen-bond acceptors (Lipinski definition) is 6. The largest absolute Gasteiger partial charge is 0.507 e. The van der Waals surface area contributed by atoms with Crippen LogP contribution in [0.1, 0.15) is 20.7 Å².